The van der Waals surface area contributed by atoms with Gasteiger partial charge in [-0.1, -0.05) is 0 Å². The molecule has 0 unspecified atom stereocenters. The fraction of sp³-hybridized carbons (Fsp3) is 0.385. The highest BCUT2D eigenvalue weighted by atomic mass is 16.2. The third-order valence-electron chi connectivity index (χ3n) is 3.54. The van der Waals surface area contributed by atoms with Crippen molar-refractivity contribution in [1.29, 1.82) is 0 Å². The zero-order chi connectivity index (χ0) is 15.5. The predicted octanol–water partition coefficient (Wildman–Crippen LogP) is -0.638. The molecule has 0 radical (unpaired) electrons. The summed E-state index contributed by atoms with van der Waals surface area (Å²) < 4.78 is 1.47. The second kappa shape index (κ2) is 5.88. The minimum absolute atomic E-state index is 0.0316. The molecule has 0 atom stereocenters. The maximum atomic E-state index is 12.4. The first kappa shape index (κ1) is 14.1. The third-order valence-corrected chi connectivity index (χ3v) is 3.54. The Morgan fingerprint density at radius 2 is 1.77 bits per heavy atom. The number of rotatable bonds is 2. The number of amides is 2. The summed E-state index contributed by atoms with van der Waals surface area (Å²) in [5, 5.41) is 11.9. The van der Waals surface area contributed by atoms with Crippen LogP contribution in [0.3, 0.4) is 0 Å². The van der Waals surface area contributed by atoms with E-state index in [1.165, 1.54) is 24.3 Å². The van der Waals surface area contributed by atoms with Crippen LogP contribution in [0.4, 0.5) is 0 Å². The molecule has 0 aromatic carbocycles. The fourth-order valence-corrected chi connectivity index (χ4v) is 2.27. The Hall–Kier alpha value is -2.84. The summed E-state index contributed by atoms with van der Waals surface area (Å²) in [5.74, 6) is 0.348. The number of carbonyl (C=O) groups is 2. The molecule has 9 nitrogen and oxygen atoms in total. The molecule has 2 aromatic heterocycles. The molecule has 0 saturated carbocycles. The normalized spacial score (nSPS) is 15.0. The summed E-state index contributed by atoms with van der Waals surface area (Å²) in [6.45, 7) is 3.64. The van der Waals surface area contributed by atoms with E-state index in [1.54, 1.807) is 21.9 Å². The molecule has 0 spiro atoms. The van der Waals surface area contributed by atoms with E-state index in [-0.39, 0.29) is 17.5 Å². The van der Waals surface area contributed by atoms with Crippen LogP contribution in [0.5, 0.6) is 0 Å². The number of aromatic nitrogens is 5. The molecule has 114 valence electrons. The van der Waals surface area contributed by atoms with Crippen molar-refractivity contribution in [2.45, 2.75) is 6.92 Å². The molecule has 22 heavy (non-hydrogen) atoms. The molecule has 0 aliphatic carbocycles. The maximum Gasteiger partial charge on any atom is 0.274 e. The Morgan fingerprint density at radius 1 is 1.05 bits per heavy atom. The van der Waals surface area contributed by atoms with Crippen LogP contribution >= 0.6 is 0 Å². The first-order chi connectivity index (χ1) is 10.6. The Kier molecular flexibility index (Phi) is 3.77. The van der Waals surface area contributed by atoms with Crippen LogP contribution in [-0.2, 0) is 4.79 Å². The number of nitrogens with zero attached hydrogens (tertiary/aromatic N) is 7. The number of piperazine rings is 1. The second-order valence-corrected chi connectivity index (χ2v) is 4.92. The Morgan fingerprint density at radius 3 is 2.32 bits per heavy atom. The van der Waals surface area contributed by atoms with Gasteiger partial charge in [-0.05, 0) is 12.1 Å². The van der Waals surface area contributed by atoms with Gasteiger partial charge in [0.05, 0.1) is 0 Å². The van der Waals surface area contributed by atoms with Crippen molar-refractivity contribution in [3.05, 3.63) is 30.5 Å². The van der Waals surface area contributed by atoms with E-state index in [2.05, 4.69) is 20.3 Å². The number of carbonyl (C=O) groups excluding carboxylic acids is 2. The largest absolute Gasteiger partial charge is 0.339 e. The summed E-state index contributed by atoms with van der Waals surface area (Å²) >= 11 is 0. The van der Waals surface area contributed by atoms with Crippen molar-refractivity contribution >= 4 is 11.8 Å². The van der Waals surface area contributed by atoms with Crippen molar-refractivity contribution in [3.63, 3.8) is 0 Å². The molecule has 3 heterocycles. The lowest BCUT2D eigenvalue weighted by atomic mass is 10.2. The van der Waals surface area contributed by atoms with Crippen molar-refractivity contribution in [2.24, 2.45) is 0 Å². The molecule has 2 amide bonds. The monoisotopic (exact) mass is 301 g/mol. The summed E-state index contributed by atoms with van der Waals surface area (Å²) in [5.41, 5.74) is 0.278. The van der Waals surface area contributed by atoms with Crippen molar-refractivity contribution in [2.75, 3.05) is 26.2 Å². The van der Waals surface area contributed by atoms with E-state index in [0.717, 1.165) is 0 Å². The lowest BCUT2D eigenvalue weighted by molar-refractivity contribution is -0.130. The van der Waals surface area contributed by atoms with Gasteiger partial charge < -0.3 is 9.80 Å². The number of hydrogen-bond acceptors (Lipinski definition) is 6. The molecular formula is C13H15N7O2. The maximum absolute atomic E-state index is 12.4. The van der Waals surface area contributed by atoms with Crippen LogP contribution in [0.1, 0.15) is 17.4 Å². The number of hydrogen-bond donors (Lipinski definition) is 0. The van der Waals surface area contributed by atoms with Gasteiger partial charge in [-0.25, -0.2) is 9.67 Å². The van der Waals surface area contributed by atoms with E-state index in [1.807, 2.05) is 0 Å². The predicted molar refractivity (Wildman–Crippen MR) is 75.1 cm³/mol. The highest BCUT2D eigenvalue weighted by Gasteiger charge is 2.24. The van der Waals surface area contributed by atoms with Crippen LogP contribution in [0, 0.1) is 0 Å². The molecule has 9 heteroatoms. The van der Waals surface area contributed by atoms with Crippen molar-refractivity contribution in [1.82, 2.24) is 34.8 Å². The molecule has 1 fully saturated rings. The topological polar surface area (TPSA) is 97.1 Å². The van der Waals surface area contributed by atoms with Gasteiger partial charge in [0.1, 0.15) is 12.7 Å². The van der Waals surface area contributed by atoms with E-state index >= 15 is 0 Å². The average Bonchev–Trinajstić information content (AvgIpc) is 3.09. The molecule has 1 aliphatic heterocycles. The molecule has 2 aromatic rings. The van der Waals surface area contributed by atoms with Crippen LogP contribution in [0.15, 0.2) is 24.8 Å². The minimum Gasteiger partial charge on any atom is -0.339 e. The van der Waals surface area contributed by atoms with Gasteiger partial charge in [0.25, 0.3) is 5.91 Å². The Bertz CT molecular complexity index is 660. The lowest BCUT2D eigenvalue weighted by Crippen LogP contribution is -2.50. The molecule has 1 saturated heterocycles. The molecule has 0 bridgehead atoms. The highest BCUT2D eigenvalue weighted by Crippen LogP contribution is 2.08. The second-order valence-electron chi connectivity index (χ2n) is 4.92. The smallest absolute Gasteiger partial charge is 0.274 e. The summed E-state index contributed by atoms with van der Waals surface area (Å²) in [7, 11) is 0. The molecule has 1 aliphatic rings. The quantitative estimate of drug-likeness (QED) is 0.732. The van der Waals surface area contributed by atoms with Gasteiger partial charge in [-0.2, -0.15) is 5.10 Å². The SMILES string of the molecule is CC(=O)N1CCN(C(=O)c2ccc(-n3cncn3)nn2)CC1. The van der Waals surface area contributed by atoms with Gasteiger partial charge in [-0.15, -0.1) is 10.2 Å². The van der Waals surface area contributed by atoms with Crippen LogP contribution < -0.4 is 0 Å². The first-order valence-corrected chi connectivity index (χ1v) is 6.88. The van der Waals surface area contributed by atoms with Crippen LogP contribution in [0.2, 0.25) is 0 Å². The fourth-order valence-electron chi connectivity index (χ4n) is 2.27. The molecular weight excluding hydrogens is 286 g/mol. The van der Waals surface area contributed by atoms with E-state index < -0.39 is 0 Å². The van der Waals surface area contributed by atoms with Gasteiger partial charge in [0.2, 0.25) is 5.91 Å². The minimum atomic E-state index is -0.180. The Balaban J connectivity index is 1.67. The average molecular weight is 301 g/mol. The summed E-state index contributed by atoms with van der Waals surface area (Å²) in [6, 6.07) is 3.28. The van der Waals surface area contributed by atoms with Crippen molar-refractivity contribution < 1.29 is 9.59 Å². The van der Waals surface area contributed by atoms with Crippen LogP contribution in [-0.4, -0.2) is 72.8 Å². The zero-order valence-electron chi connectivity index (χ0n) is 12.1. The van der Waals surface area contributed by atoms with Crippen molar-refractivity contribution in [3.8, 4) is 5.82 Å². The van der Waals surface area contributed by atoms with E-state index in [9.17, 15) is 9.59 Å². The van der Waals surface area contributed by atoms with Gasteiger partial charge in [-0.3, -0.25) is 9.59 Å². The molecule has 3 rings (SSSR count). The summed E-state index contributed by atoms with van der Waals surface area (Å²) in [6.07, 6.45) is 2.90. The third kappa shape index (κ3) is 2.78. The van der Waals surface area contributed by atoms with Gasteiger partial charge >= 0.3 is 0 Å². The lowest BCUT2D eigenvalue weighted by Gasteiger charge is -2.33. The van der Waals surface area contributed by atoms with E-state index in [4.69, 9.17) is 0 Å². The van der Waals surface area contributed by atoms with E-state index in [0.29, 0.717) is 32.0 Å². The highest BCUT2D eigenvalue weighted by molar-refractivity contribution is 5.92. The zero-order valence-corrected chi connectivity index (χ0v) is 12.1. The summed E-state index contributed by atoms with van der Waals surface area (Å²) in [4.78, 5) is 30.9. The first-order valence-electron chi connectivity index (χ1n) is 6.88. The van der Waals surface area contributed by atoms with Gasteiger partial charge in [0.15, 0.2) is 11.5 Å². The standard InChI is InChI=1S/C13H15N7O2/c1-10(21)18-4-6-19(7-5-18)13(22)11-2-3-12(17-16-11)20-9-14-8-15-20/h2-3,8-9H,4-7H2,1H3. The van der Waals surface area contributed by atoms with Crippen LogP contribution in [0.25, 0.3) is 5.82 Å². The van der Waals surface area contributed by atoms with Gasteiger partial charge in [0, 0.05) is 33.1 Å². The Labute approximate surface area is 126 Å². The molecule has 0 N–H and O–H groups in total.